The molecule has 10 heavy (non-hydrogen) atoms. The second-order valence-corrected chi connectivity index (χ2v) is 3.76. The Bertz CT molecular complexity index is 146. The van der Waals surface area contributed by atoms with Crippen LogP contribution in [0.4, 0.5) is 0 Å². The lowest BCUT2D eigenvalue weighted by Crippen LogP contribution is -2.34. The third-order valence-corrected chi connectivity index (χ3v) is 2.55. The first kappa shape index (κ1) is 6.62. The van der Waals surface area contributed by atoms with Crippen LogP contribution in [0.1, 0.15) is 26.7 Å². The van der Waals surface area contributed by atoms with E-state index in [1.807, 2.05) is 0 Å². The van der Waals surface area contributed by atoms with Gasteiger partial charge in [-0.25, -0.2) is 0 Å². The second kappa shape index (κ2) is 1.95. The Balaban J connectivity index is 2.12. The zero-order valence-electron chi connectivity index (χ0n) is 6.59. The minimum Gasteiger partial charge on any atom is -0.349 e. The van der Waals surface area contributed by atoms with Crippen LogP contribution in [0.2, 0.25) is 0 Å². The van der Waals surface area contributed by atoms with Crippen LogP contribution in [-0.4, -0.2) is 18.5 Å². The van der Waals surface area contributed by atoms with E-state index in [2.05, 4.69) is 13.8 Å². The summed E-state index contributed by atoms with van der Waals surface area (Å²) < 4.78 is 11.1. The molecule has 2 fully saturated rings. The number of fused-ring (bicyclic) bond motifs is 2. The highest BCUT2D eigenvalue weighted by molar-refractivity contribution is 4.87. The molecule has 0 radical (unpaired) electrons. The van der Waals surface area contributed by atoms with Gasteiger partial charge in [0.25, 0.3) is 0 Å². The molecule has 58 valence electrons. The van der Waals surface area contributed by atoms with Crippen LogP contribution in [-0.2, 0) is 9.47 Å². The normalized spacial score (nSPS) is 53.4. The van der Waals surface area contributed by atoms with Crippen molar-refractivity contribution in [2.75, 3.05) is 6.61 Å². The maximum Gasteiger partial charge on any atom is 0.161 e. The monoisotopic (exact) mass is 142 g/mol. The van der Waals surface area contributed by atoms with E-state index in [0.717, 1.165) is 13.0 Å². The first-order valence-corrected chi connectivity index (χ1v) is 3.99. The van der Waals surface area contributed by atoms with Gasteiger partial charge in [-0.2, -0.15) is 0 Å². The predicted octanol–water partition coefficient (Wildman–Crippen LogP) is 1.55. The van der Waals surface area contributed by atoms with Crippen LogP contribution in [0.15, 0.2) is 0 Å². The van der Waals surface area contributed by atoms with Crippen molar-refractivity contribution in [1.29, 1.82) is 0 Å². The summed E-state index contributed by atoms with van der Waals surface area (Å²) in [5, 5.41) is 0. The van der Waals surface area contributed by atoms with Gasteiger partial charge in [-0.05, 0) is 19.8 Å². The molecule has 2 bridgehead atoms. The van der Waals surface area contributed by atoms with E-state index in [9.17, 15) is 0 Å². The van der Waals surface area contributed by atoms with Gasteiger partial charge >= 0.3 is 0 Å². The van der Waals surface area contributed by atoms with Crippen LogP contribution < -0.4 is 0 Å². The third-order valence-electron chi connectivity index (χ3n) is 2.55. The van der Waals surface area contributed by atoms with Gasteiger partial charge < -0.3 is 9.47 Å². The standard InChI is InChI=1S/C8H14O2/c1-6-3-4-8(2)5-9-7(6)10-8/h6-7H,3-5H2,1-2H3. The van der Waals surface area contributed by atoms with Gasteiger partial charge in [0.05, 0.1) is 12.2 Å². The van der Waals surface area contributed by atoms with E-state index in [0.29, 0.717) is 5.92 Å². The molecule has 0 amide bonds. The lowest BCUT2D eigenvalue weighted by Gasteiger charge is -2.30. The van der Waals surface area contributed by atoms with E-state index >= 15 is 0 Å². The molecule has 2 rings (SSSR count). The Morgan fingerprint density at radius 1 is 1.50 bits per heavy atom. The lowest BCUT2D eigenvalue weighted by molar-refractivity contribution is -0.142. The van der Waals surface area contributed by atoms with Crippen LogP contribution in [0.3, 0.4) is 0 Å². The molecule has 0 N–H and O–H groups in total. The Labute approximate surface area is 61.5 Å². The van der Waals surface area contributed by atoms with Crippen molar-refractivity contribution in [2.24, 2.45) is 5.92 Å². The summed E-state index contributed by atoms with van der Waals surface area (Å²) in [5.41, 5.74) is 0.0528. The first-order chi connectivity index (χ1) is 4.70. The van der Waals surface area contributed by atoms with Crippen molar-refractivity contribution in [3.05, 3.63) is 0 Å². The highest BCUT2D eigenvalue weighted by Gasteiger charge is 2.43. The van der Waals surface area contributed by atoms with E-state index in [-0.39, 0.29) is 11.9 Å². The molecule has 3 atom stereocenters. The number of rotatable bonds is 0. The minimum absolute atomic E-state index is 0.0528. The summed E-state index contributed by atoms with van der Waals surface area (Å²) in [7, 11) is 0. The van der Waals surface area contributed by atoms with Crippen molar-refractivity contribution < 1.29 is 9.47 Å². The molecule has 2 saturated heterocycles. The SMILES string of the molecule is CC1CCC2(C)COC1O2. The van der Waals surface area contributed by atoms with Crippen molar-refractivity contribution in [1.82, 2.24) is 0 Å². The highest BCUT2D eigenvalue weighted by Crippen LogP contribution is 2.38. The van der Waals surface area contributed by atoms with Crippen molar-refractivity contribution >= 4 is 0 Å². The van der Waals surface area contributed by atoms with Gasteiger partial charge in [0.15, 0.2) is 6.29 Å². The molecular weight excluding hydrogens is 128 g/mol. The average Bonchev–Trinajstić information content (AvgIpc) is 2.23. The number of hydrogen-bond acceptors (Lipinski definition) is 2. The zero-order valence-corrected chi connectivity index (χ0v) is 6.59. The van der Waals surface area contributed by atoms with Gasteiger partial charge in [0.1, 0.15) is 0 Å². The first-order valence-electron chi connectivity index (χ1n) is 3.99. The zero-order chi connectivity index (χ0) is 7.19. The number of ether oxygens (including phenoxy) is 2. The Morgan fingerprint density at radius 2 is 2.30 bits per heavy atom. The maximum atomic E-state index is 5.67. The molecule has 2 aliphatic rings. The fourth-order valence-electron chi connectivity index (χ4n) is 1.69. The van der Waals surface area contributed by atoms with Crippen LogP contribution in [0, 0.1) is 5.92 Å². The fraction of sp³-hybridized carbons (Fsp3) is 1.00. The second-order valence-electron chi connectivity index (χ2n) is 3.76. The molecule has 2 heteroatoms. The number of hydrogen-bond donors (Lipinski definition) is 0. The molecule has 3 unspecified atom stereocenters. The van der Waals surface area contributed by atoms with Gasteiger partial charge in [0.2, 0.25) is 0 Å². The summed E-state index contributed by atoms with van der Waals surface area (Å²) >= 11 is 0. The van der Waals surface area contributed by atoms with Gasteiger partial charge in [0, 0.05) is 5.92 Å². The molecule has 2 nitrogen and oxygen atoms in total. The summed E-state index contributed by atoms with van der Waals surface area (Å²) in [6, 6.07) is 0. The molecule has 2 heterocycles. The Hall–Kier alpha value is -0.0800. The molecular formula is C8H14O2. The smallest absolute Gasteiger partial charge is 0.161 e. The van der Waals surface area contributed by atoms with Crippen LogP contribution in [0.5, 0.6) is 0 Å². The van der Waals surface area contributed by atoms with E-state index in [1.165, 1.54) is 6.42 Å². The molecule has 0 aromatic rings. The van der Waals surface area contributed by atoms with E-state index in [4.69, 9.17) is 9.47 Å². The van der Waals surface area contributed by atoms with Crippen molar-refractivity contribution in [3.63, 3.8) is 0 Å². The predicted molar refractivity (Wildman–Crippen MR) is 37.6 cm³/mol. The van der Waals surface area contributed by atoms with Gasteiger partial charge in [-0.1, -0.05) is 6.92 Å². The van der Waals surface area contributed by atoms with Crippen molar-refractivity contribution in [2.45, 2.75) is 38.6 Å². The van der Waals surface area contributed by atoms with Gasteiger partial charge in [-0.15, -0.1) is 0 Å². The van der Waals surface area contributed by atoms with Crippen molar-refractivity contribution in [3.8, 4) is 0 Å². The summed E-state index contributed by atoms with van der Waals surface area (Å²) in [4.78, 5) is 0. The average molecular weight is 142 g/mol. The lowest BCUT2D eigenvalue weighted by atomic mass is 9.93. The fourth-order valence-corrected chi connectivity index (χ4v) is 1.69. The largest absolute Gasteiger partial charge is 0.349 e. The quantitative estimate of drug-likeness (QED) is 0.511. The maximum absolute atomic E-state index is 5.67. The summed E-state index contributed by atoms with van der Waals surface area (Å²) in [6.07, 6.45) is 2.50. The molecule has 0 spiro atoms. The topological polar surface area (TPSA) is 18.5 Å². The molecule has 0 aromatic heterocycles. The summed E-state index contributed by atoms with van der Waals surface area (Å²) in [5.74, 6) is 0.593. The summed E-state index contributed by atoms with van der Waals surface area (Å²) in [6.45, 7) is 5.12. The minimum atomic E-state index is 0.0528. The van der Waals surface area contributed by atoms with E-state index in [1.54, 1.807) is 0 Å². The Morgan fingerprint density at radius 3 is 3.00 bits per heavy atom. The van der Waals surface area contributed by atoms with Gasteiger partial charge in [-0.3, -0.25) is 0 Å². The molecule has 2 aliphatic heterocycles. The van der Waals surface area contributed by atoms with Crippen LogP contribution >= 0.6 is 0 Å². The Kier molecular flexibility index (Phi) is 1.29. The van der Waals surface area contributed by atoms with E-state index < -0.39 is 0 Å². The molecule has 0 aliphatic carbocycles. The molecule has 0 saturated carbocycles. The van der Waals surface area contributed by atoms with Crippen LogP contribution in [0.25, 0.3) is 0 Å². The third kappa shape index (κ3) is 0.867. The highest BCUT2D eigenvalue weighted by atomic mass is 16.7. The molecule has 0 aromatic carbocycles.